The van der Waals surface area contributed by atoms with Crippen LogP contribution in [0.25, 0.3) is 5.69 Å². The third-order valence-corrected chi connectivity index (χ3v) is 4.75. The highest BCUT2D eigenvalue weighted by molar-refractivity contribution is 6.33. The van der Waals surface area contributed by atoms with E-state index in [1.165, 1.54) is 21.0 Å². The molecule has 0 aliphatic rings. The first-order chi connectivity index (χ1) is 15.3. The Balaban J connectivity index is 2.49. The van der Waals surface area contributed by atoms with Crippen LogP contribution in [-0.2, 0) is 26.1 Å². The molecule has 1 aromatic carbocycles. The van der Waals surface area contributed by atoms with Crippen LogP contribution < -0.4 is 11.2 Å². The molecule has 13 heteroatoms. The lowest BCUT2D eigenvalue weighted by atomic mass is 10.1. The van der Waals surface area contributed by atoms with Crippen LogP contribution in [0.1, 0.15) is 36.3 Å². The SMILES string of the molecule is COCCOC(=O)C(C)(C)OC(=O)c1cc(-n2c(=O)cc(C(F)F)n(C)c2=O)c(F)cc1Cl. The zero-order valence-electron chi connectivity index (χ0n) is 18.0. The summed E-state index contributed by atoms with van der Waals surface area (Å²) in [5.41, 5.74) is -6.40. The summed E-state index contributed by atoms with van der Waals surface area (Å²) < 4.78 is 56.2. The van der Waals surface area contributed by atoms with Crippen molar-refractivity contribution in [1.29, 1.82) is 0 Å². The Morgan fingerprint density at radius 1 is 1.15 bits per heavy atom. The van der Waals surface area contributed by atoms with Gasteiger partial charge < -0.3 is 14.2 Å². The van der Waals surface area contributed by atoms with E-state index in [9.17, 15) is 32.3 Å². The lowest BCUT2D eigenvalue weighted by Gasteiger charge is -2.23. The van der Waals surface area contributed by atoms with Crippen LogP contribution >= 0.6 is 11.6 Å². The Kier molecular flexibility index (Phi) is 8.09. The number of aromatic nitrogens is 2. The molecule has 9 nitrogen and oxygen atoms in total. The molecule has 1 heterocycles. The second kappa shape index (κ2) is 10.2. The second-order valence-corrected chi connectivity index (χ2v) is 7.60. The molecule has 0 amide bonds. The van der Waals surface area contributed by atoms with E-state index in [0.29, 0.717) is 16.7 Å². The normalized spacial score (nSPS) is 11.5. The maximum Gasteiger partial charge on any atom is 0.350 e. The molecule has 0 radical (unpaired) electrons. The molecule has 33 heavy (non-hydrogen) atoms. The van der Waals surface area contributed by atoms with Crippen LogP contribution in [-0.4, -0.2) is 47.0 Å². The van der Waals surface area contributed by atoms with Gasteiger partial charge in [-0.25, -0.2) is 32.1 Å². The Morgan fingerprint density at radius 2 is 1.79 bits per heavy atom. The molecule has 0 bridgehead atoms. The molecule has 0 aliphatic heterocycles. The minimum Gasteiger partial charge on any atom is -0.460 e. The lowest BCUT2D eigenvalue weighted by molar-refractivity contribution is -0.163. The van der Waals surface area contributed by atoms with Gasteiger partial charge in [-0.1, -0.05) is 11.6 Å². The topological polar surface area (TPSA) is 106 Å². The van der Waals surface area contributed by atoms with Crippen molar-refractivity contribution in [3.8, 4) is 5.69 Å². The average Bonchev–Trinajstić information content (AvgIpc) is 2.71. The fourth-order valence-electron chi connectivity index (χ4n) is 2.66. The van der Waals surface area contributed by atoms with Crippen LogP contribution in [0.2, 0.25) is 5.02 Å². The second-order valence-electron chi connectivity index (χ2n) is 7.20. The van der Waals surface area contributed by atoms with E-state index in [0.717, 1.165) is 13.1 Å². The Hall–Kier alpha value is -3.12. The highest BCUT2D eigenvalue weighted by atomic mass is 35.5. The quantitative estimate of drug-likeness (QED) is 0.411. The summed E-state index contributed by atoms with van der Waals surface area (Å²) in [6.07, 6.45) is -3.13. The van der Waals surface area contributed by atoms with Gasteiger partial charge in [-0.05, 0) is 26.0 Å². The number of benzene rings is 1. The van der Waals surface area contributed by atoms with Crippen molar-refractivity contribution in [3.05, 3.63) is 61.1 Å². The molecular formula is C20H20ClF3N2O7. The monoisotopic (exact) mass is 492 g/mol. The summed E-state index contributed by atoms with van der Waals surface area (Å²) in [7, 11) is 2.37. The number of nitrogens with zero attached hydrogens (tertiary/aromatic N) is 2. The summed E-state index contributed by atoms with van der Waals surface area (Å²) in [5, 5.41) is -0.445. The van der Waals surface area contributed by atoms with E-state index in [2.05, 4.69) is 0 Å². The fourth-order valence-corrected chi connectivity index (χ4v) is 2.89. The van der Waals surface area contributed by atoms with Gasteiger partial charge in [0.1, 0.15) is 12.4 Å². The maximum absolute atomic E-state index is 14.6. The number of halogens is 4. The molecule has 0 fully saturated rings. The van der Waals surface area contributed by atoms with E-state index < -0.39 is 63.0 Å². The third kappa shape index (κ3) is 5.63. The molecule has 1 aromatic heterocycles. The summed E-state index contributed by atoms with van der Waals surface area (Å²) >= 11 is 5.93. The maximum atomic E-state index is 14.6. The van der Waals surface area contributed by atoms with Crippen molar-refractivity contribution >= 4 is 23.5 Å². The highest BCUT2D eigenvalue weighted by Crippen LogP contribution is 2.25. The van der Waals surface area contributed by atoms with Gasteiger partial charge >= 0.3 is 17.6 Å². The number of esters is 2. The van der Waals surface area contributed by atoms with Gasteiger partial charge in [0.05, 0.1) is 28.6 Å². The van der Waals surface area contributed by atoms with Crippen molar-refractivity contribution in [2.24, 2.45) is 7.05 Å². The molecule has 2 aromatic rings. The van der Waals surface area contributed by atoms with Crippen LogP contribution in [0.3, 0.4) is 0 Å². The molecular weight excluding hydrogens is 473 g/mol. The van der Waals surface area contributed by atoms with Gasteiger partial charge in [0.25, 0.3) is 12.0 Å². The minimum absolute atomic E-state index is 0.0986. The smallest absolute Gasteiger partial charge is 0.350 e. The molecule has 0 spiro atoms. The Morgan fingerprint density at radius 3 is 2.36 bits per heavy atom. The number of carbonyl (C=O) groups excluding carboxylic acids is 2. The lowest BCUT2D eigenvalue weighted by Crippen LogP contribution is -2.40. The fraction of sp³-hybridized carbons (Fsp3) is 0.400. The Bertz CT molecular complexity index is 1190. The predicted octanol–water partition coefficient (Wildman–Crippen LogP) is 2.39. The summed E-state index contributed by atoms with van der Waals surface area (Å²) in [6.45, 7) is 2.49. The third-order valence-electron chi connectivity index (χ3n) is 4.44. The molecule has 2 rings (SSSR count). The zero-order valence-corrected chi connectivity index (χ0v) is 18.7. The van der Waals surface area contributed by atoms with Gasteiger partial charge in [0.2, 0.25) is 5.60 Å². The summed E-state index contributed by atoms with van der Waals surface area (Å²) in [6, 6.07) is 1.86. The zero-order chi connectivity index (χ0) is 25.1. The number of hydrogen-bond acceptors (Lipinski definition) is 7. The van der Waals surface area contributed by atoms with Crippen LogP contribution in [0, 0.1) is 5.82 Å². The summed E-state index contributed by atoms with van der Waals surface area (Å²) in [5.74, 6) is -3.28. The average molecular weight is 493 g/mol. The van der Waals surface area contributed by atoms with E-state index >= 15 is 0 Å². The molecule has 0 saturated heterocycles. The summed E-state index contributed by atoms with van der Waals surface area (Å²) in [4.78, 5) is 49.6. The van der Waals surface area contributed by atoms with Gasteiger partial charge in [0.15, 0.2) is 0 Å². The van der Waals surface area contributed by atoms with Crippen LogP contribution in [0.4, 0.5) is 13.2 Å². The van der Waals surface area contributed by atoms with Crippen molar-refractivity contribution in [3.63, 3.8) is 0 Å². The molecule has 0 unspecified atom stereocenters. The van der Waals surface area contributed by atoms with E-state index in [1.807, 2.05) is 0 Å². The number of hydrogen-bond donors (Lipinski definition) is 0. The highest BCUT2D eigenvalue weighted by Gasteiger charge is 2.35. The molecule has 0 aliphatic carbocycles. The predicted molar refractivity (Wildman–Crippen MR) is 110 cm³/mol. The van der Waals surface area contributed by atoms with Gasteiger partial charge in [-0.2, -0.15) is 0 Å². The molecule has 0 saturated carbocycles. The Labute approximate surface area is 190 Å². The van der Waals surface area contributed by atoms with Crippen LogP contribution in [0.15, 0.2) is 27.8 Å². The first kappa shape index (κ1) is 26.1. The first-order valence-electron chi connectivity index (χ1n) is 9.31. The number of alkyl halides is 2. The standard InChI is InChI=1S/C20H20ClF3N2O7/c1-20(2,18(29)32-6-5-31-4)33-17(28)10-7-13(12(22)8-11(10)21)26-15(27)9-14(16(23)24)25(3)19(26)30/h7-9,16H,5-6H2,1-4H3. The van der Waals surface area contributed by atoms with E-state index in [4.69, 9.17) is 25.8 Å². The van der Waals surface area contributed by atoms with Gasteiger partial charge in [-0.15, -0.1) is 0 Å². The minimum atomic E-state index is -3.13. The van der Waals surface area contributed by atoms with Crippen molar-refractivity contribution in [2.75, 3.05) is 20.3 Å². The molecule has 0 atom stereocenters. The van der Waals surface area contributed by atoms with Gasteiger partial charge in [0, 0.05) is 20.2 Å². The number of carbonyl (C=O) groups is 2. The van der Waals surface area contributed by atoms with Crippen LogP contribution in [0.5, 0.6) is 0 Å². The number of rotatable bonds is 8. The van der Waals surface area contributed by atoms with Crippen molar-refractivity contribution in [2.45, 2.75) is 25.9 Å². The van der Waals surface area contributed by atoms with Gasteiger partial charge in [-0.3, -0.25) is 9.36 Å². The number of methoxy groups -OCH3 is 1. The molecule has 180 valence electrons. The van der Waals surface area contributed by atoms with E-state index in [-0.39, 0.29) is 17.8 Å². The van der Waals surface area contributed by atoms with Crippen molar-refractivity contribution in [1.82, 2.24) is 9.13 Å². The van der Waals surface area contributed by atoms with Crippen molar-refractivity contribution < 1.29 is 37.0 Å². The molecule has 0 N–H and O–H groups in total. The van der Waals surface area contributed by atoms with E-state index in [1.54, 1.807) is 0 Å². The largest absolute Gasteiger partial charge is 0.460 e. The first-order valence-corrected chi connectivity index (χ1v) is 9.69. The number of ether oxygens (including phenoxy) is 3.